The summed E-state index contributed by atoms with van der Waals surface area (Å²) in [6.45, 7) is 6.28. The third-order valence-corrected chi connectivity index (χ3v) is 2.08. The average molecular weight is 240 g/mol. The SMILES string of the molecule is Cn1nnc(NC(=O)CC(N)CC(C)(C)C)n1. The molecule has 0 spiro atoms. The molecule has 1 heterocycles. The topological polar surface area (TPSA) is 98.7 Å². The van der Waals surface area contributed by atoms with Crippen LogP contribution in [0, 0.1) is 5.41 Å². The van der Waals surface area contributed by atoms with Gasteiger partial charge in [0.25, 0.3) is 5.95 Å². The van der Waals surface area contributed by atoms with Crippen LogP contribution < -0.4 is 11.1 Å². The quantitative estimate of drug-likeness (QED) is 0.788. The van der Waals surface area contributed by atoms with Gasteiger partial charge in [-0.25, -0.2) is 0 Å². The number of aryl methyl sites for hydroxylation is 1. The Morgan fingerprint density at radius 1 is 1.53 bits per heavy atom. The van der Waals surface area contributed by atoms with E-state index in [1.54, 1.807) is 7.05 Å². The fourth-order valence-corrected chi connectivity index (χ4v) is 1.61. The van der Waals surface area contributed by atoms with Gasteiger partial charge >= 0.3 is 0 Å². The molecule has 0 aliphatic carbocycles. The molecule has 0 saturated carbocycles. The second kappa shape index (κ2) is 5.22. The van der Waals surface area contributed by atoms with Crippen LogP contribution in [0.25, 0.3) is 0 Å². The first kappa shape index (κ1) is 13.6. The fourth-order valence-electron chi connectivity index (χ4n) is 1.61. The Kier molecular flexibility index (Phi) is 4.17. The van der Waals surface area contributed by atoms with Gasteiger partial charge in [-0.1, -0.05) is 25.9 Å². The number of amides is 1. The van der Waals surface area contributed by atoms with E-state index >= 15 is 0 Å². The molecule has 17 heavy (non-hydrogen) atoms. The first-order valence-corrected chi connectivity index (χ1v) is 5.56. The van der Waals surface area contributed by atoms with Crippen molar-refractivity contribution in [1.29, 1.82) is 0 Å². The van der Waals surface area contributed by atoms with Crippen molar-refractivity contribution in [3.8, 4) is 0 Å². The van der Waals surface area contributed by atoms with Crippen molar-refractivity contribution in [2.75, 3.05) is 5.32 Å². The highest BCUT2D eigenvalue weighted by Crippen LogP contribution is 2.21. The molecule has 1 rings (SSSR count). The highest BCUT2D eigenvalue weighted by molar-refractivity contribution is 5.89. The maximum atomic E-state index is 11.6. The van der Waals surface area contributed by atoms with E-state index in [1.807, 2.05) is 0 Å². The summed E-state index contributed by atoms with van der Waals surface area (Å²) in [5.74, 6) is 0.0233. The van der Waals surface area contributed by atoms with Crippen molar-refractivity contribution in [2.24, 2.45) is 18.2 Å². The molecule has 7 nitrogen and oxygen atoms in total. The van der Waals surface area contributed by atoms with Gasteiger partial charge in [0.2, 0.25) is 5.91 Å². The van der Waals surface area contributed by atoms with E-state index in [-0.39, 0.29) is 29.7 Å². The smallest absolute Gasteiger partial charge is 0.270 e. The average Bonchev–Trinajstić information content (AvgIpc) is 2.46. The van der Waals surface area contributed by atoms with Crippen molar-refractivity contribution >= 4 is 11.9 Å². The largest absolute Gasteiger partial charge is 0.327 e. The lowest BCUT2D eigenvalue weighted by Crippen LogP contribution is -2.31. The molecule has 1 aromatic heterocycles. The van der Waals surface area contributed by atoms with E-state index in [1.165, 1.54) is 4.80 Å². The van der Waals surface area contributed by atoms with Gasteiger partial charge in [0, 0.05) is 12.5 Å². The molecule has 96 valence electrons. The summed E-state index contributed by atoms with van der Waals surface area (Å²) in [6, 6.07) is -0.160. The van der Waals surface area contributed by atoms with Crippen LogP contribution in [0.4, 0.5) is 5.95 Å². The van der Waals surface area contributed by atoms with Gasteiger partial charge in [-0.15, -0.1) is 5.10 Å². The molecule has 0 aromatic carbocycles. The van der Waals surface area contributed by atoms with Crippen LogP contribution >= 0.6 is 0 Å². The number of anilines is 1. The lowest BCUT2D eigenvalue weighted by molar-refractivity contribution is -0.116. The molecular formula is C10H20N6O. The zero-order valence-corrected chi connectivity index (χ0v) is 10.8. The van der Waals surface area contributed by atoms with E-state index in [0.717, 1.165) is 6.42 Å². The van der Waals surface area contributed by atoms with Crippen LogP contribution in [0.1, 0.15) is 33.6 Å². The van der Waals surface area contributed by atoms with Crippen LogP contribution in [0.2, 0.25) is 0 Å². The molecule has 3 N–H and O–H groups in total. The predicted molar refractivity (Wildman–Crippen MR) is 64.1 cm³/mol. The van der Waals surface area contributed by atoms with E-state index in [4.69, 9.17) is 5.73 Å². The highest BCUT2D eigenvalue weighted by Gasteiger charge is 2.18. The van der Waals surface area contributed by atoms with Gasteiger partial charge in [-0.3, -0.25) is 10.1 Å². The maximum absolute atomic E-state index is 11.6. The molecule has 0 radical (unpaired) electrons. The van der Waals surface area contributed by atoms with Crippen LogP contribution in [0.15, 0.2) is 0 Å². The number of nitrogens with one attached hydrogen (secondary N) is 1. The molecule has 0 saturated heterocycles. The van der Waals surface area contributed by atoms with Crippen LogP contribution in [0.3, 0.4) is 0 Å². The summed E-state index contributed by atoms with van der Waals surface area (Å²) in [7, 11) is 1.63. The summed E-state index contributed by atoms with van der Waals surface area (Å²) in [4.78, 5) is 12.9. The van der Waals surface area contributed by atoms with Gasteiger partial charge in [-0.2, -0.15) is 4.80 Å². The number of carbonyl (C=O) groups is 1. The fraction of sp³-hybridized carbons (Fsp3) is 0.800. The molecule has 0 bridgehead atoms. The number of nitrogens with two attached hydrogens (primary N) is 1. The second-order valence-corrected chi connectivity index (χ2v) is 5.38. The van der Waals surface area contributed by atoms with Gasteiger partial charge in [0.15, 0.2) is 0 Å². The zero-order valence-electron chi connectivity index (χ0n) is 10.8. The molecule has 0 aliphatic heterocycles. The number of hydrogen-bond acceptors (Lipinski definition) is 5. The molecule has 1 amide bonds. The van der Waals surface area contributed by atoms with E-state index < -0.39 is 0 Å². The summed E-state index contributed by atoms with van der Waals surface area (Å²) in [5, 5.41) is 13.7. The number of carbonyl (C=O) groups excluding carboxylic acids is 1. The molecule has 7 heteroatoms. The third-order valence-electron chi connectivity index (χ3n) is 2.08. The maximum Gasteiger partial charge on any atom is 0.270 e. The predicted octanol–water partition coefficient (Wildman–Crippen LogP) is 0.302. The monoisotopic (exact) mass is 240 g/mol. The minimum atomic E-state index is -0.185. The minimum absolute atomic E-state index is 0.116. The van der Waals surface area contributed by atoms with Crippen LogP contribution in [-0.2, 0) is 11.8 Å². The standard InChI is InChI=1S/C10H20N6O/c1-10(2,3)6-7(11)5-8(17)12-9-13-15-16(4)14-9/h7H,5-6,11H2,1-4H3,(H,12,14,17). The summed E-state index contributed by atoms with van der Waals surface area (Å²) < 4.78 is 0. The Morgan fingerprint density at radius 3 is 2.65 bits per heavy atom. The Balaban J connectivity index is 2.39. The van der Waals surface area contributed by atoms with Gasteiger partial charge in [-0.05, 0) is 17.0 Å². The number of rotatable bonds is 4. The second-order valence-electron chi connectivity index (χ2n) is 5.38. The molecule has 0 aliphatic rings. The summed E-state index contributed by atoms with van der Waals surface area (Å²) in [5.41, 5.74) is 6.01. The minimum Gasteiger partial charge on any atom is -0.327 e. The van der Waals surface area contributed by atoms with E-state index in [0.29, 0.717) is 0 Å². The van der Waals surface area contributed by atoms with Crippen molar-refractivity contribution in [2.45, 2.75) is 39.7 Å². The molecular weight excluding hydrogens is 220 g/mol. The molecule has 1 atom stereocenters. The zero-order chi connectivity index (χ0) is 13.1. The summed E-state index contributed by atoms with van der Waals surface area (Å²) in [6.07, 6.45) is 1.05. The van der Waals surface area contributed by atoms with Crippen molar-refractivity contribution in [3.63, 3.8) is 0 Å². The number of hydrogen-bond donors (Lipinski definition) is 2. The Bertz CT molecular complexity index is 380. The third kappa shape index (κ3) is 5.39. The Morgan fingerprint density at radius 2 is 2.18 bits per heavy atom. The molecule has 1 unspecified atom stereocenters. The number of aromatic nitrogens is 4. The van der Waals surface area contributed by atoms with Gasteiger partial charge in [0.05, 0.1) is 7.05 Å². The molecule has 0 fully saturated rings. The number of nitrogens with zero attached hydrogens (tertiary/aromatic N) is 4. The lowest BCUT2D eigenvalue weighted by Gasteiger charge is -2.22. The summed E-state index contributed by atoms with van der Waals surface area (Å²) >= 11 is 0. The van der Waals surface area contributed by atoms with Crippen molar-refractivity contribution in [3.05, 3.63) is 0 Å². The van der Waals surface area contributed by atoms with E-state index in [2.05, 4.69) is 41.5 Å². The first-order chi connectivity index (χ1) is 7.76. The Hall–Kier alpha value is -1.50. The van der Waals surface area contributed by atoms with Crippen molar-refractivity contribution in [1.82, 2.24) is 20.2 Å². The van der Waals surface area contributed by atoms with Crippen LogP contribution in [-0.4, -0.2) is 32.2 Å². The highest BCUT2D eigenvalue weighted by atomic mass is 16.1. The molecule has 1 aromatic rings. The van der Waals surface area contributed by atoms with Crippen LogP contribution in [0.5, 0.6) is 0 Å². The van der Waals surface area contributed by atoms with Crippen molar-refractivity contribution < 1.29 is 4.79 Å². The normalized spacial score (nSPS) is 13.5. The van der Waals surface area contributed by atoms with Gasteiger partial charge < -0.3 is 5.73 Å². The lowest BCUT2D eigenvalue weighted by atomic mass is 9.87. The van der Waals surface area contributed by atoms with E-state index in [9.17, 15) is 4.79 Å². The van der Waals surface area contributed by atoms with Gasteiger partial charge in [0.1, 0.15) is 0 Å². The Labute approximate surface area is 101 Å². The number of tetrazole rings is 1. The first-order valence-electron chi connectivity index (χ1n) is 5.56.